The smallest absolute Gasteiger partial charge is 0.219 e. The van der Waals surface area contributed by atoms with Gasteiger partial charge in [-0.15, -0.1) is 0 Å². The first-order chi connectivity index (χ1) is 10.6. The van der Waals surface area contributed by atoms with E-state index in [1.54, 1.807) is 13.0 Å². The Morgan fingerprint density at radius 1 is 1.14 bits per heavy atom. The first kappa shape index (κ1) is 15.3. The first-order valence-corrected chi connectivity index (χ1v) is 8.14. The normalized spacial score (nSPS) is 23.6. The molecule has 1 unspecified atom stereocenters. The Morgan fingerprint density at radius 2 is 1.86 bits per heavy atom. The number of carbonyl (C=O) groups is 1. The zero-order chi connectivity index (χ0) is 15.5. The topological polar surface area (TPSA) is 26.8 Å². The number of nitrogens with zero attached hydrogens (tertiary/aromatic N) is 3. The number of para-hydroxylation sites is 1. The maximum atomic E-state index is 13.9. The SMILES string of the molecule is CC(=O)N1CCCC(N2CCN(c3ccccc3F)CC2)C1. The molecule has 2 saturated heterocycles. The van der Waals surface area contributed by atoms with Crippen molar-refractivity contribution < 1.29 is 9.18 Å². The van der Waals surface area contributed by atoms with Gasteiger partial charge in [0.1, 0.15) is 5.82 Å². The second-order valence-electron chi connectivity index (χ2n) is 6.24. The average Bonchev–Trinajstić information content (AvgIpc) is 2.56. The molecule has 1 aromatic rings. The van der Waals surface area contributed by atoms with E-state index in [1.807, 2.05) is 17.0 Å². The largest absolute Gasteiger partial charge is 0.367 e. The molecule has 2 fully saturated rings. The number of amides is 1. The van der Waals surface area contributed by atoms with E-state index >= 15 is 0 Å². The maximum Gasteiger partial charge on any atom is 0.219 e. The lowest BCUT2D eigenvalue weighted by molar-refractivity contribution is -0.131. The number of benzene rings is 1. The fourth-order valence-electron chi connectivity index (χ4n) is 3.57. The lowest BCUT2D eigenvalue weighted by atomic mass is 10.0. The Labute approximate surface area is 131 Å². The van der Waals surface area contributed by atoms with Gasteiger partial charge in [-0.1, -0.05) is 12.1 Å². The van der Waals surface area contributed by atoms with Gasteiger partial charge in [-0.2, -0.15) is 0 Å². The molecule has 22 heavy (non-hydrogen) atoms. The molecule has 2 aliphatic heterocycles. The molecule has 0 radical (unpaired) electrons. The van der Waals surface area contributed by atoms with Gasteiger partial charge in [0.05, 0.1) is 5.69 Å². The van der Waals surface area contributed by atoms with E-state index in [0.29, 0.717) is 11.7 Å². The van der Waals surface area contributed by atoms with E-state index < -0.39 is 0 Å². The molecule has 0 spiro atoms. The zero-order valence-corrected chi connectivity index (χ0v) is 13.2. The Bertz CT molecular complexity index is 528. The van der Waals surface area contributed by atoms with Gasteiger partial charge in [-0.3, -0.25) is 9.69 Å². The van der Waals surface area contributed by atoms with E-state index in [9.17, 15) is 9.18 Å². The van der Waals surface area contributed by atoms with E-state index in [0.717, 1.165) is 52.1 Å². The molecule has 4 nitrogen and oxygen atoms in total. The Balaban J connectivity index is 1.58. The predicted molar refractivity (Wildman–Crippen MR) is 85.5 cm³/mol. The lowest BCUT2D eigenvalue weighted by Crippen LogP contribution is -2.55. The summed E-state index contributed by atoms with van der Waals surface area (Å²) in [6.07, 6.45) is 2.24. The van der Waals surface area contributed by atoms with Gasteiger partial charge in [0.25, 0.3) is 0 Å². The molecule has 3 rings (SSSR count). The van der Waals surface area contributed by atoms with Crippen molar-refractivity contribution >= 4 is 11.6 Å². The van der Waals surface area contributed by atoms with E-state index in [4.69, 9.17) is 0 Å². The van der Waals surface area contributed by atoms with E-state index in [2.05, 4.69) is 9.80 Å². The Kier molecular flexibility index (Phi) is 4.62. The van der Waals surface area contributed by atoms with Crippen molar-refractivity contribution in [1.29, 1.82) is 0 Å². The third kappa shape index (κ3) is 3.24. The summed E-state index contributed by atoms with van der Waals surface area (Å²) in [5.74, 6) is 0.0334. The molecule has 0 aromatic heterocycles. The summed E-state index contributed by atoms with van der Waals surface area (Å²) in [6.45, 7) is 6.94. The highest BCUT2D eigenvalue weighted by Gasteiger charge is 2.29. The molecule has 2 heterocycles. The van der Waals surface area contributed by atoms with Crippen LogP contribution in [-0.4, -0.2) is 61.0 Å². The molecule has 1 atom stereocenters. The van der Waals surface area contributed by atoms with Crippen LogP contribution in [0.4, 0.5) is 10.1 Å². The molecule has 0 saturated carbocycles. The molecule has 5 heteroatoms. The fraction of sp³-hybridized carbons (Fsp3) is 0.588. The van der Waals surface area contributed by atoms with Gasteiger partial charge in [-0.25, -0.2) is 4.39 Å². The molecule has 0 N–H and O–H groups in total. The van der Waals surface area contributed by atoms with Crippen molar-refractivity contribution in [2.45, 2.75) is 25.8 Å². The third-order valence-electron chi connectivity index (χ3n) is 4.87. The number of halogens is 1. The summed E-state index contributed by atoms with van der Waals surface area (Å²) in [7, 11) is 0. The summed E-state index contributed by atoms with van der Waals surface area (Å²) in [5, 5.41) is 0. The molecule has 1 amide bonds. The highest BCUT2D eigenvalue weighted by Crippen LogP contribution is 2.23. The maximum absolute atomic E-state index is 13.9. The monoisotopic (exact) mass is 305 g/mol. The third-order valence-corrected chi connectivity index (χ3v) is 4.87. The van der Waals surface area contributed by atoms with Crippen molar-refractivity contribution in [3.8, 4) is 0 Å². The van der Waals surface area contributed by atoms with Gasteiger partial charge in [0.2, 0.25) is 5.91 Å². The molecule has 0 aliphatic carbocycles. The van der Waals surface area contributed by atoms with E-state index in [1.165, 1.54) is 6.07 Å². The van der Waals surface area contributed by atoms with Gasteiger partial charge >= 0.3 is 0 Å². The fourth-order valence-corrected chi connectivity index (χ4v) is 3.57. The van der Waals surface area contributed by atoms with Crippen molar-refractivity contribution in [3.05, 3.63) is 30.1 Å². The lowest BCUT2D eigenvalue weighted by Gasteiger charge is -2.43. The van der Waals surface area contributed by atoms with Crippen molar-refractivity contribution in [3.63, 3.8) is 0 Å². The van der Waals surface area contributed by atoms with Gasteiger partial charge in [-0.05, 0) is 25.0 Å². The molecular formula is C17H24FN3O. The van der Waals surface area contributed by atoms with Crippen LogP contribution < -0.4 is 4.90 Å². The Morgan fingerprint density at radius 3 is 2.55 bits per heavy atom. The number of anilines is 1. The average molecular weight is 305 g/mol. The van der Waals surface area contributed by atoms with Crippen LogP contribution in [-0.2, 0) is 4.79 Å². The summed E-state index contributed by atoms with van der Waals surface area (Å²) in [6, 6.07) is 7.45. The number of piperazine rings is 1. The highest BCUT2D eigenvalue weighted by atomic mass is 19.1. The highest BCUT2D eigenvalue weighted by molar-refractivity contribution is 5.73. The summed E-state index contributed by atoms with van der Waals surface area (Å²) < 4.78 is 13.9. The van der Waals surface area contributed by atoms with Crippen molar-refractivity contribution in [2.24, 2.45) is 0 Å². The molecule has 2 aliphatic rings. The number of hydrogen-bond donors (Lipinski definition) is 0. The zero-order valence-electron chi connectivity index (χ0n) is 13.2. The van der Waals surface area contributed by atoms with Crippen LogP contribution in [0, 0.1) is 5.82 Å². The number of piperidine rings is 1. The minimum Gasteiger partial charge on any atom is -0.367 e. The van der Waals surface area contributed by atoms with Crippen LogP contribution >= 0.6 is 0 Å². The second-order valence-corrected chi connectivity index (χ2v) is 6.24. The minimum absolute atomic E-state index is 0.142. The number of likely N-dealkylation sites (tertiary alicyclic amines) is 1. The standard InChI is InChI=1S/C17H24FN3O/c1-14(22)21-8-4-5-15(13-21)19-9-11-20(12-10-19)17-7-3-2-6-16(17)18/h2-3,6-7,15H,4-5,8-13H2,1H3. The summed E-state index contributed by atoms with van der Waals surface area (Å²) in [5.41, 5.74) is 0.705. The van der Waals surface area contributed by atoms with Crippen LogP contribution in [0.2, 0.25) is 0 Å². The first-order valence-electron chi connectivity index (χ1n) is 8.14. The molecule has 120 valence electrons. The number of rotatable bonds is 2. The summed E-state index contributed by atoms with van der Waals surface area (Å²) in [4.78, 5) is 18.1. The second kappa shape index (κ2) is 6.65. The minimum atomic E-state index is -0.142. The van der Waals surface area contributed by atoms with Crippen molar-refractivity contribution in [1.82, 2.24) is 9.80 Å². The quantitative estimate of drug-likeness (QED) is 0.836. The van der Waals surface area contributed by atoms with Gasteiger partial charge < -0.3 is 9.80 Å². The van der Waals surface area contributed by atoms with Crippen LogP contribution in [0.3, 0.4) is 0 Å². The van der Waals surface area contributed by atoms with E-state index in [-0.39, 0.29) is 11.7 Å². The molecule has 0 bridgehead atoms. The van der Waals surface area contributed by atoms with Crippen LogP contribution in [0.5, 0.6) is 0 Å². The van der Waals surface area contributed by atoms with Crippen molar-refractivity contribution in [2.75, 3.05) is 44.2 Å². The summed E-state index contributed by atoms with van der Waals surface area (Å²) >= 11 is 0. The van der Waals surface area contributed by atoms with Crippen LogP contribution in [0.15, 0.2) is 24.3 Å². The van der Waals surface area contributed by atoms with Gasteiger partial charge in [0, 0.05) is 52.2 Å². The Hall–Kier alpha value is -1.62. The van der Waals surface area contributed by atoms with Crippen LogP contribution in [0.1, 0.15) is 19.8 Å². The predicted octanol–water partition coefficient (Wildman–Crippen LogP) is 1.96. The number of hydrogen-bond acceptors (Lipinski definition) is 3. The molecule has 1 aromatic carbocycles. The van der Waals surface area contributed by atoms with Crippen LogP contribution in [0.25, 0.3) is 0 Å². The number of carbonyl (C=O) groups excluding carboxylic acids is 1. The van der Waals surface area contributed by atoms with Gasteiger partial charge in [0.15, 0.2) is 0 Å². The molecular weight excluding hydrogens is 281 g/mol.